The van der Waals surface area contributed by atoms with Crippen LogP contribution in [0, 0.1) is 62.1 Å². The molecule has 7 heteroatoms. The lowest BCUT2D eigenvalue weighted by molar-refractivity contribution is -0.247. The van der Waals surface area contributed by atoms with Gasteiger partial charge < -0.3 is 20.3 Å². The van der Waals surface area contributed by atoms with Gasteiger partial charge in [0, 0.05) is 22.4 Å². The highest BCUT2D eigenvalue weighted by Crippen LogP contribution is 2.74. The largest absolute Gasteiger partial charge is 0.481 e. The molecular weight excluding hydrogens is 550 g/mol. The lowest BCUT2D eigenvalue weighted by Crippen LogP contribution is -2.72. The first-order valence-corrected chi connectivity index (χ1v) is 17.5. The quantitative estimate of drug-likeness (QED) is 0.146. The molecule has 44 heavy (non-hydrogen) atoms. The standard InChI is InChI=1S/C37H65N3O4/c1-22(2)23(3)32(7)16-17-34(9)24-12-13-27-33(8)19-43-21-37(27,25(24)14-15-35(34,10)28(32)30(41)42)18-26(40-39)29(33)44-20-36(11,38)31(4,5)6/h14,22-24,26-29,40H,12-13,15-21,38-39H2,1-11H3,(H,41,42)/t23-,24+,26-,27+,28-,29+,32-,33+,34-,35+,36+,37+/m1/s1. The van der Waals surface area contributed by atoms with Gasteiger partial charge in [0.05, 0.1) is 31.8 Å². The summed E-state index contributed by atoms with van der Waals surface area (Å²) in [4.78, 5) is 13.3. The number of hydrogen-bond donors (Lipinski definition) is 4. The van der Waals surface area contributed by atoms with Gasteiger partial charge in [-0.1, -0.05) is 80.9 Å². The first-order chi connectivity index (χ1) is 20.2. The zero-order valence-electron chi connectivity index (χ0n) is 29.8. The van der Waals surface area contributed by atoms with Gasteiger partial charge in [-0.05, 0) is 90.8 Å². The molecule has 5 rings (SSSR count). The van der Waals surface area contributed by atoms with Gasteiger partial charge in [0.2, 0.25) is 0 Å². The van der Waals surface area contributed by atoms with Crippen LogP contribution in [0.5, 0.6) is 0 Å². The fourth-order valence-corrected chi connectivity index (χ4v) is 11.6. The van der Waals surface area contributed by atoms with E-state index in [4.69, 9.17) is 21.1 Å². The lowest BCUT2D eigenvalue weighted by Gasteiger charge is -2.71. The first-order valence-electron chi connectivity index (χ1n) is 17.5. The number of aliphatic carboxylic acids is 1. The molecule has 0 radical (unpaired) electrons. The Hall–Kier alpha value is -0.990. The predicted octanol–water partition coefficient (Wildman–Crippen LogP) is 6.56. The molecule has 0 aromatic rings. The monoisotopic (exact) mass is 615 g/mol. The molecule has 12 atom stereocenters. The molecule has 0 spiro atoms. The van der Waals surface area contributed by atoms with Crippen LogP contribution in [0.15, 0.2) is 11.6 Å². The summed E-state index contributed by atoms with van der Waals surface area (Å²) in [6.07, 6.45) is 8.27. The molecule has 4 aliphatic carbocycles. The van der Waals surface area contributed by atoms with Gasteiger partial charge in [0.25, 0.3) is 0 Å². The van der Waals surface area contributed by atoms with Crippen molar-refractivity contribution in [2.45, 2.75) is 132 Å². The number of carboxylic acid groups (broad SMARTS) is 1. The number of ether oxygens (including phenoxy) is 2. The minimum Gasteiger partial charge on any atom is -0.481 e. The molecule has 2 bridgehead atoms. The van der Waals surface area contributed by atoms with Gasteiger partial charge in [-0.15, -0.1) is 0 Å². The summed E-state index contributed by atoms with van der Waals surface area (Å²) >= 11 is 0. The van der Waals surface area contributed by atoms with Crippen molar-refractivity contribution in [1.82, 2.24) is 5.43 Å². The number of fused-ring (bicyclic) bond motifs is 3. The number of nitrogens with two attached hydrogens (primary N) is 2. The van der Waals surface area contributed by atoms with Crippen LogP contribution in [0.1, 0.15) is 115 Å². The summed E-state index contributed by atoms with van der Waals surface area (Å²) in [5, 5.41) is 10.9. The SMILES string of the molecule is CC(C)[C@@H](C)[C@@]1(C)CC[C@]2(C)[C@H]3CC[C@@H]4[C@@]5(COC[C@]4(C)[C@@H](OC[C@](C)(N)C(C)(C)C)[C@H](NN)C5)C3=CC[C@@]2(C)[C@@H]1C(=O)O. The van der Waals surface area contributed by atoms with E-state index in [9.17, 15) is 9.90 Å². The van der Waals surface area contributed by atoms with Crippen molar-refractivity contribution in [2.24, 2.45) is 73.7 Å². The Morgan fingerprint density at radius 2 is 1.75 bits per heavy atom. The van der Waals surface area contributed by atoms with Crippen LogP contribution in [0.4, 0.5) is 0 Å². The highest BCUT2D eigenvalue weighted by Gasteiger charge is 2.71. The number of carboxylic acids is 1. The van der Waals surface area contributed by atoms with Crippen molar-refractivity contribution < 1.29 is 19.4 Å². The maximum absolute atomic E-state index is 13.3. The van der Waals surface area contributed by atoms with E-state index in [-0.39, 0.29) is 50.6 Å². The highest BCUT2D eigenvalue weighted by atomic mass is 16.5. The van der Waals surface area contributed by atoms with Gasteiger partial charge in [-0.2, -0.15) is 0 Å². The van der Waals surface area contributed by atoms with Crippen molar-refractivity contribution in [3.63, 3.8) is 0 Å². The van der Waals surface area contributed by atoms with Crippen molar-refractivity contribution in [3.05, 3.63) is 11.6 Å². The molecule has 3 saturated carbocycles. The first kappa shape index (κ1) is 34.3. The van der Waals surface area contributed by atoms with E-state index < -0.39 is 11.5 Å². The second-order valence-electron chi connectivity index (χ2n) is 18.7. The average Bonchev–Trinajstić information content (AvgIpc) is 2.91. The Balaban J connectivity index is 1.54. The fraction of sp³-hybridized carbons (Fsp3) is 0.919. The van der Waals surface area contributed by atoms with Crippen molar-refractivity contribution in [1.29, 1.82) is 0 Å². The Kier molecular flexibility index (Phi) is 8.40. The molecular formula is C37H65N3O4. The normalized spacial score (nSPS) is 47.5. The molecule has 6 N–H and O–H groups in total. The third-order valence-electron chi connectivity index (χ3n) is 15.6. The molecule has 5 aliphatic rings. The summed E-state index contributed by atoms with van der Waals surface area (Å²) in [6.45, 7) is 26.6. The van der Waals surface area contributed by atoms with Gasteiger partial charge in [-0.3, -0.25) is 16.1 Å². The van der Waals surface area contributed by atoms with E-state index in [1.165, 1.54) is 5.57 Å². The minimum atomic E-state index is -0.613. The summed E-state index contributed by atoms with van der Waals surface area (Å²) in [7, 11) is 0. The van der Waals surface area contributed by atoms with Crippen LogP contribution in [0.2, 0.25) is 0 Å². The molecule has 0 aromatic heterocycles. The van der Waals surface area contributed by atoms with E-state index >= 15 is 0 Å². The van der Waals surface area contributed by atoms with E-state index in [0.717, 1.165) is 38.5 Å². The average molecular weight is 616 g/mol. The summed E-state index contributed by atoms with van der Waals surface area (Å²) < 4.78 is 13.4. The fourth-order valence-electron chi connectivity index (χ4n) is 11.6. The van der Waals surface area contributed by atoms with E-state index in [2.05, 4.69) is 87.7 Å². The molecule has 252 valence electrons. The van der Waals surface area contributed by atoms with Crippen LogP contribution in [-0.4, -0.2) is 48.6 Å². The smallest absolute Gasteiger partial charge is 0.307 e. The zero-order chi connectivity index (χ0) is 32.9. The Labute approximate surface area is 268 Å². The van der Waals surface area contributed by atoms with Crippen molar-refractivity contribution in [2.75, 3.05) is 19.8 Å². The second-order valence-corrected chi connectivity index (χ2v) is 18.7. The Morgan fingerprint density at radius 3 is 2.32 bits per heavy atom. The number of hydrazine groups is 1. The van der Waals surface area contributed by atoms with E-state index in [1.807, 2.05) is 0 Å². The molecule has 0 aromatic carbocycles. The van der Waals surface area contributed by atoms with E-state index in [1.54, 1.807) is 0 Å². The van der Waals surface area contributed by atoms with Gasteiger partial charge in [0.1, 0.15) is 0 Å². The van der Waals surface area contributed by atoms with Crippen molar-refractivity contribution >= 4 is 5.97 Å². The number of rotatable bonds is 7. The molecule has 0 unspecified atom stereocenters. The summed E-state index contributed by atoms with van der Waals surface area (Å²) in [5.41, 5.74) is 9.95. The second kappa shape index (κ2) is 10.8. The summed E-state index contributed by atoms with van der Waals surface area (Å²) in [5.74, 6) is 6.89. The summed E-state index contributed by atoms with van der Waals surface area (Å²) in [6, 6.07) is -0.0232. The van der Waals surface area contributed by atoms with Gasteiger partial charge in [0.15, 0.2) is 0 Å². The third kappa shape index (κ3) is 4.56. The van der Waals surface area contributed by atoms with Crippen LogP contribution in [0.3, 0.4) is 0 Å². The highest BCUT2D eigenvalue weighted by molar-refractivity contribution is 5.73. The number of nitrogens with one attached hydrogen (secondary N) is 1. The van der Waals surface area contributed by atoms with Crippen molar-refractivity contribution in [3.8, 4) is 0 Å². The lowest BCUT2D eigenvalue weighted by atomic mass is 9.34. The maximum atomic E-state index is 13.3. The topological polar surface area (TPSA) is 120 Å². The molecule has 7 nitrogen and oxygen atoms in total. The zero-order valence-corrected chi connectivity index (χ0v) is 29.8. The molecule has 1 saturated heterocycles. The molecule has 1 heterocycles. The van der Waals surface area contributed by atoms with E-state index in [0.29, 0.717) is 43.5 Å². The van der Waals surface area contributed by atoms with Crippen LogP contribution in [-0.2, 0) is 14.3 Å². The molecule has 1 aliphatic heterocycles. The molecule has 4 fully saturated rings. The number of hydrogen-bond acceptors (Lipinski definition) is 6. The number of allylic oxidation sites excluding steroid dienone is 1. The van der Waals surface area contributed by atoms with Gasteiger partial charge >= 0.3 is 5.97 Å². The Morgan fingerprint density at radius 1 is 1.09 bits per heavy atom. The predicted molar refractivity (Wildman–Crippen MR) is 176 cm³/mol. The van der Waals surface area contributed by atoms with Crippen LogP contribution >= 0.6 is 0 Å². The Bertz CT molecular complexity index is 1160. The maximum Gasteiger partial charge on any atom is 0.307 e. The third-order valence-corrected chi connectivity index (χ3v) is 15.6. The number of carbonyl (C=O) groups is 1. The van der Waals surface area contributed by atoms with Gasteiger partial charge in [-0.25, -0.2) is 0 Å². The minimum absolute atomic E-state index is 0.0232. The van der Waals surface area contributed by atoms with Crippen LogP contribution in [0.25, 0.3) is 0 Å². The molecule has 0 amide bonds. The van der Waals surface area contributed by atoms with Crippen LogP contribution < -0.4 is 17.0 Å².